The van der Waals surface area contributed by atoms with Gasteiger partial charge >= 0.3 is 0 Å². The Kier molecular flexibility index (Phi) is 6.79. The molecule has 4 aromatic rings. The molecule has 1 unspecified atom stereocenters. The Morgan fingerprint density at radius 3 is 2.51 bits per heavy atom. The number of benzene rings is 2. The summed E-state index contributed by atoms with van der Waals surface area (Å²) in [5, 5.41) is 23.1. The molecule has 35 heavy (non-hydrogen) atoms. The van der Waals surface area contributed by atoms with Crippen LogP contribution in [0.15, 0.2) is 79.0 Å². The van der Waals surface area contributed by atoms with Crippen molar-refractivity contribution in [2.45, 2.75) is 51.1 Å². The maximum absolute atomic E-state index is 4.93. The van der Waals surface area contributed by atoms with E-state index in [-0.39, 0.29) is 0 Å². The standard InChI is InChI=1S/C27H30N8/c1-2-3-19-35-25(29-24(32-35)16-13-21-9-5-4-6-10-21)20-22-11-14-23(15-12-22)27(17-7-8-18-28-27)26-30-33-34-31-26/h4-12,14-15,17-18,28H,2-3,13,16,19-20H2,1H3,(H,30,31,33,34). The Labute approximate surface area is 205 Å². The van der Waals surface area contributed by atoms with Gasteiger partial charge in [-0.2, -0.15) is 10.3 Å². The Balaban J connectivity index is 1.35. The van der Waals surface area contributed by atoms with E-state index in [1.54, 1.807) is 0 Å². The second-order valence-corrected chi connectivity index (χ2v) is 8.79. The van der Waals surface area contributed by atoms with E-state index >= 15 is 0 Å². The molecule has 3 heterocycles. The number of H-pyrrole nitrogens is 1. The number of dihydropyridines is 1. The van der Waals surface area contributed by atoms with Crippen LogP contribution in [0.3, 0.4) is 0 Å². The lowest BCUT2D eigenvalue weighted by atomic mass is 9.86. The lowest BCUT2D eigenvalue weighted by Gasteiger charge is -2.30. The SMILES string of the molecule is CCCCn1nc(CCc2ccccc2)nc1Cc1ccc(C2(c3nn[nH]n3)C=CC=CN2)cc1. The van der Waals surface area contributed by atoms with Crippen LogP contribution in [-0.2, 0) is 31.3 Å². The van der Waals surface area contributed by atoms with E-state index in [1.165, 1.54) is 11.1 Å². The quantitative estimate of drug-likeness (QED) is 0.368. The van der Waals surface area contributed by atoms with Gasteiger partial charge in [0.25, 0.3) is 0 Å². The fourth-order valence-corrected chi connectivity index (χ4v) is 4.38. The van der Waals surface area contributed by atoms with Gasteiger partial charge in [0, 0.05) is 19.4 Å². The van der Waals surface area contributed by atoms with Crippen molar-refractivity contribution < 1.29 is 0 Å². The van der Waals surface area contributed by atoms with Gasteiger partial charge < -0.3 is 5.32 Å². The third-order valence-corrected chi connectivity index (χ3v) is 6.33. The first-order chi connectivity index (χ1) is 17.3. The van der Waals surface area contributed by atoms with Gasteiger partial charge in [0.1, 0.15) is 11.4 Å². The number of aryl methyl sites for hydroxylation is 3. The molecule has 1 aliphatic rings. The molecule has 1 aliphatic heterocycles. The van der Waals surface area contributed by atoms with Crippen molar-refractivity contribution in [3.05, 3.63) is 113 Å². The fraction of sp³-hybridized carbons (Fsp3) is 0.296. The molecule has 1 atom stereocenters. The summed E-state index contributed by atoms with van der Waals surface area (Å²) in [4.78, 5) is 4.93. The van der Waals surface area contributed by atoms with Crippen molar-refractivity contribution in [3.8, 4) is 0 Å². The van der Waals surface area contributed by atoms with Gasteiger partial charge in [0.05, 0.1) is 0 Å². The van der Waals surface area contributed by atoms with Crippen LogP contribution in [0.5, 0.6) is 0 Å². The first-order valence-electron chi connectivity index (χ1n) is 12.2. The number of rotatable bonds is 10. The number of unbranched alkanes of at least 4 members (excludes halogenated alkanes) is 1. The zero-order chi connectivity index (χ0) is 23.9. The molecule has 0 saturated heterocycles. The number of aromatic amines is 1. The van der Waals surface area contributed by atoms with Crippen LogP contribution in [0, 0.1) is 0 Å². The fourth-order valence-electron chi connectivity index (χ4n) is 4.38. The highest BCUT2D eigenvalue weighted by atomic mass is 15.5. The topological polar surface area (TPSA) is 97.2 Å². The van der Waals surface area contributed by atoms with E-state index in [1.807, 2.05) is 30.5 Å². The second-order valence-electron chi connectivity index (χ2n) is 8.79. The van der Waals surface area contributed by atoms with Crippen LogP contribution in [0.4, 0.5) is 0 Å². The molecule has 2 N–H and O–H groups in total. The first-order valence-corrected chi connectivity index (χ1v) is 12.2. The van der Waals surface area contributed by atoms with Crippen molar-refractivity contribution in [2.24, 2.45) is 0 Å². The number of allylic oxidation sites excluding steroid dienone is 2. The molecule has 0 fully saturated rings. The minimum atomic E-state index is -0.647. The van der Waals surface area contributed by atoms with Gasteiger partial charge in [-0.05, 0) is 47.9 Å². The minimum absolute atomic E-state index is 0.577. The summed E-state index contributed by atoms with van der Waals surface area (Å²) < 4.78 is 2.09. The summed E-state index contributed by atoms with van der Waals surface area (Å²) in [5.41, 5.74) is 2.89. The Morgan fingerprint density at radius 2 is 1.80 bits per heavy atom. The van der Waals surface area contributed by atoms with E-state index in [9.17, 15) is 0 Å². The summed E-state index contributed by atoms with van der Waals surface area (Å²) in [5.74, 6) is 2.50. The van der Waals surface area contributed by atoms with Crippen molar-refractivity contribution in [1.29, 1.82) is 0 Å². The maximum atomic E-state index is 4.93. The van der Waals surface area contributed by atoms with E-state index in [0.717, 1.165) is 55.9 Å². The molecule has 2 aromatic heterocycles. The van der Waals surface area contributed by atoms with Gasteiger partial charge in [-0.1, -0.05) is 79.2 Å². The normalized spacial score (nSPS) is 16.9. The largest absolute Gasteiger partial charge is 0.372 e. The van der Waals surface area contributed by atoms with Crippen molar-refractivity contribution in [3.63, 3.8) is 0 Å². The number of nitrogens with zero attached hydrogens (tertiary/aromatic N) is 6. The molecule has 2 aromatic carbocycles. The van der Waals surface area contributed by atoms with Crippen LogP contribution in [0.2, 0.25) is 0 Å². The second kappa shape index (κ2) is 10.5. The van der Waals surface area contributed by atoms with Crippen molar-refractivity contribution in [1.82, 2.24) is 40.7 Å². The third kappa shape index (κ3) is 5.06. The number of hydrogen-bond donors (Lipinski definition) is 2. The zero-order valence-corrected chi connectivity index (χ0v) is 19.9. The Hall–Kier alpha value is -4.07. The van der Waals surface area contributed by atoms with Crippen molar-refractivity contribution >= 4 is 0 Å². The summed E-state index contributed by atoms with van der Waals surface area (Å²) in [7, 11) is 0. The van der Waals surface area contributed by atoms with Gasteiger partial charge in [-0.15, -0.1) is 10.2 Å². The van der Waals surface area contributed by atoms with Crippen LogP contribution >= 0.6 is 0 Å². The molecule has 0 amide bonds. The molecular weight excluding hydrogens is 436 g/mol. The summed E-state index contributed by atoms with van der Waals surface area (Å²) in [6, 6.07) is 19.0. The average molecular weight is 467 g/mol. The summed E-state index contributed by atoms with van der Waals surface area (Å²) >= 11 is 0. The predicted molar refractivity (Wildman–Crippen MR) is 134 cm³/mol. The lowest BCUT2D eigenvalue weighted by Crippen LogP contribution is -2.40. The van der Waals surface area contributed by atoms with Gasteiger partial charge in [-0.3, -0.25) is 0 Å². The van der Waals surface area contributed by atoms with Crippen LogP contribution in [-0.4, -0.2) is 35.4 Å². The molecule has 5 rings (SSSR count). The van der Waals surface area contributed by atoms with Crippen LogP contribution < -0.4 is 5.32 Å². The minimum Gasteiger partial charge on any atom is -0.372 e. The molecular formula is C27H30N8. The third-order valence-electron chi connectivity index (χ3n) is 6.33. The Morgan fingerprint density at radius 1 is 0.943 bits per heavy atom. The van der Waals surface area contributed by atoms with E-state index in [2.05, 4.69) is 86.1 Å². The maximum Gasteiger partial charge on any atom is 0.208 e. The smallest absolute Gasteiger partial charge is 0.208 e. The Bertz CT molecular complexity index is 1270. The molecule has 178 valence electrons. The average Bonchev–Trinajstić information content (AvgIpc) is 3.59. The van der Waals surface area contributed by atoms with Gasteiger partial charge in [-0.25, -0.2) is 9.67 Å². The summed E-state index contributed by atoms with van der Waals surface area (Å²) in [6.07, 6.45) is 12.6. The molecule has 0 spiro atoms. The highest BCUT2D eigenvalue weighted by molar-refractivity contribution is 5.42. The lowest BCUT2D eigenvalue weighted by molar-refractivity contribution is 0.529. The highest BCUT2D eigenvalue weighted by Crippen LogP contribution is 2.30. The predicted octanol–water partition coefficient (Wildman–Crippen LogP) is 3.88. The van der Waals surface area contributed by atoms with Gasteiger partial charge in [0.15, 0.2) is 5.82 Å². The van der Waals surface area contributed by atoms with E-state index < -0.39 is 5.54 Å². The molecule has 8 nitrogen and oxygen atoms in total. The number of nitrogens with one attached hydrogen (secondary N) is 2. The van der Waals surface area contributed by atoms with Crippen LogP contribution in [0.25, 0.3) is 0 Å². The number of hydrogen-bond acceptors (Lipinski definition) is 6. The highest BCUT2D eigenvalue weighted by Gasteiger charge is 2.35. The monoisotopic (exact) mass is 466 g/mol. The van der Waals surface area contributed by atoms with E-state index in [4.69, 9.17) is 10.1 Å². The molecule has 0 aliphatic carbocycles. The van der Waals surface area contributed by atoms with Gasteiger partial charge in [0.2, 0.25) is 5.82 Å². The first kappa shape index (κ1) is 22.7. The zero-order valence-electron chi connectivity index (χ0n) is 19.9. The summed E-state index contributed by atoms with van der Waals surface area (Å²) in [6.45, 7) is 3.10. The van der Waals surface area contributed by atoms with E-state index in [0.29, 0.717) is 5.82 Å². The van der Waals surface area contributed by atoms with Crippen molar-refractivity contribution in [2.75, 3.05) is 0 Å². The molecule has 0 bridgehead atoms. The number of tetrazole rings is 1. The molecule has 8 heteroatoms. The van der Waals surface area contributed by atoms with Crippen LogP contribution in [0.1, 0.15) is 53.9 Å². The number of aromatic nitrogens is 7. The molecule has 0 radical (unpaired) electrons. The molecule has 0 saturated carbocycles.